The molecule has 0 heterocycles. The minimum Gasteiger partial charge on any atom is -0.384 e. The highest BCUT2D eigenvalue weighted by Gasteiger charge is 2.64. The number of benzene rings is 1. The van der Waals surface area contributed by atoms with Crippen LogP contribution >= 0.6 is 0 Å². The number of anilines is 1. The van der Waals surface area contributed by atoms with E-state index < -0.39 is 9.84 Å². The van der Waals surface area contributed by atoms with Crippen molar-refractivity contribution in [3.05, 3.63) is 24.3 Å². The van der Waals surface area contributed by atoms with Crippen molar-refractivity contribution in [3.8, 4) is 0 Å². The molecule has 0 spiro atoms. The van der Waals surface area contributed by atoms with E-state index >= 15 is 0 Å². The van der Waals surface area contributed by atoms with E-state index in [9.17, 15) is 8.42 Å². The van der Waals surface area contributed by atoms with E-state index in [4.69, 9.17) is 0 Å². The molecule has 0 amide bonds. The Hall–Kier alpha value is -1.03. The van der Waals surface area contributed by atoms with Gasteiger partial charge in [0.2, 0.25) is 0 Å². The lowest BCUT2D eigenvalue weighted by Crippen LogP contribution is -2.13. The largest absolute Gasteiger partial charge is 0.384 e. The van der Waals surface area contributed by atoms with Crippen LogP contribution in [0.4, 0.5) is 5.69 Å². The van der Waals surface area contributed by atoms with Crippen molar-refractivity contribution in [2.24, 2.45) is 16.7 Å². The van der Waals surface area contributed by atoms with Gasteiger partial charge < -0.3 is 5.32 Å². The predicted octanol–water partition coefficient (Wildman–Crippen LogP) is 3.96. The molecule has 0 radical (unpaired) electrons. The number of para-hydroxylation sites is 1. The first-order valence-electron chi connectivity index (χ1n) is 7.70. The summed E-state index contributed by atoms with van der Waals surface area (Å²) in [7, 11) is -3.19. The van der Waals surface area contributed by atoms with Crippen LogP contribution in [0.3, 0.4) is 0 Å². The van der Waals surface area contributed by atoms with Gasteiger partial charge in [0.1, 0.15) is 0 Å². The van der Waals surface area contributed by atoms with E-state index in [-0.39, 0.29) is 5.75 Å². The van der Waals surface area contributed by atoms with Gasteiger partial charge in [0.15, 0.2) is 9.84 Å². The summed E-state index contributed by atoms with van der Waals surface area (Å²) in [5.74, 6) is 0.762. The highest BCUT2D eigenvalue weighted by Crippen LogP contribution is 2.68. The van der Waals surface area contributed by atoms with Crippen molar-refractivity contribution in [1.82, 2.24) is 0 Å². The zero-order valence-corrected chi connectivity index (χ0v) is 14.5. The van der Waals surface area contributed by atoms with Gasteiger partial charge in [-0.2, -0.15) is 0 Å². The first-order chi connectivity index (χ1) is 9.64. The van der Waals surface area contributed by atoms with Crippen LogP contribution in [0, 0.1) is 16.7 Å². The van der Waals surface area contributed by atoms with E-state index in [0.29, 0.717) is 28.1 Å². The van der Waals surface area contributed by atoms with Gasteiger partial charge in [-0.25, -0.2) is 8.42 Å². The molecule has 1 aromatic carbocycles. The third kappa shape index (κ3) is 2.83. The van der Waals surface area contributed by atoms with Crippen molar-refractivity contribution in [3.63, 3.8) is 0 Å². The summed E-state index contributed by atoms with van der Waals surface area (Å²) in [4.78, 5) is 0.433. The van der Waals surface area contributed by atoms with E-state index in [0.717, 1.165) is 12.2 Å². The molecule has 118 valence electrons. The summed E-state index contributed by atoms with van der Waals surface area (Å²) in [6.45, 7) is 11.8. The highest BCUT2D eigenvalue weighted by atomic mass is 32.2. The number of hydrogen-bond acceptors (Lipinski definition) is 3. The molecule has 0 saturated heterocycles. The molecular formula is C17H27NO2S. The smallest absolute Gasteiger partial charge is 0.180 e. The van der Waals surface area contributed by atoms with Crippen LogP contribution in [0.25, 0.3) is 0 Å². The molecular weight excluding hydrogens is 282 g/mol. The summed E-state index contributed by atoms with van der Waals surface area (Å²) in [6.07, 6.45) is 0.638. The molecule has 1 N–H and O–H groups in total. The van der Waals surface area contributed by atoms with Gasteiger partial charge in [0.25, 0.3) is 0 Å². The molecule has 1 aliphatic carbocycles. The van der Waals surface area contributed by atoms with Crippen LogP contribution in [0.5, 0.6) is 0 Å². The molecule has 1 fully saturated rings. The average Bonchev–Trinajstić information content (AvgIpc) is 2.77. The van der Waals surface area contributed by atoms with Crippen molar-refractivity contribution in [1.29, 1.82) is 0 Å². The Labute approximate surface area is 129 Å². The second kappa shape index (κ2) is 5.31. The van der Waals surface area contributed by atoms with Gasteiger partial charge in [-0.15, -0.1) is 0 Å². The number of rotatable bonds is 6. The monoisotopic (exact) mass is 309 g/mol. The maximum Gasteiger partial charge on any atom is 0.180 e. The molecule has 4 heteroatoms. The quantitative estimate of drug-likeness (QED) is 0.865. The Morgan fingerprint density at radius 2 is 1.67 bits per heavy atom. The zero-order chi connectivity index (χ0) is 15.9. The van der Waals surface area contributed by atoms with Crippen LogP contribution in [-0.2, 0) is 9.84 Å². The van der Waals surface area contributed by atoms with E-state index in [1.165, 1.54) is 0 Å². The SMILES string of the molecule is CCCS(=O)(=O)c1ccccc1NCC1C(C)(C)C1(C)C. The van der Waals surface area contributed by atoms with Crippen LogP contribution in [0.2, 0.25) is 0 Å². The summed E-state index contributed by atoms with van der Waals surface area (Å²) in [6, 6.07) is 7.25. The van der Waals surface area contributed by atoms with Gasteiger partial charge >= 0.3 is 0 Å². The minimum atomic E-state index is -3.19. The molecule has 21 heavy (non-hydrogen) atoms. The van der Waals surface area contributed by atoms with E-state index in [1.54, 1.807) is 12.1 Å². The molecule has 0 aliphatic heterocycles. The molecule has 1 aromatic rings. The van der Waals surface area contributed by atoms with Gasteiger partial charge in [-0.05, 0) is 35.3 Å². The Morgan fingerprint density at radius 1 is 1.10 bits per heavy atom. The first kappa shape index (κ1) is 16.3. The summed E-state index contributed by atoms with van der Waals surface area (Å²) < 4.78 is 24.7. The molecule has 3 nitrogen and oxygen atoms in total. The van der Waals surface area contributed by atoms with Gasteiger partial charge in [-0.3, -0.25) is 0 Å². The lowest BCUT2D eigenvalue weighted by Gasteiger charge is -2.13. The second-order valence-electron chi connectivity index (χ2n) is 7.19. The molecule has 0 unspecified atom stereocenters. The highest BCUT2D eigenvalue weighted by molar-refractivity contribution is 7.91. The Balaban J connectivity index is 2.16. The fourth-order valence-electron chi connectivity index (χ4n) is 3.32. The fraction of sp³-hybridized carbons (Fsp3) is 0.647. The van der Waals surface area contributed by atoms with E-state index in [1.807, 2.05) is 19.1 Å². The average molecular weight is 309 g/mol. The van der Waals surface area contributed by atoms with Gasteiger partial charge in [0, 0.05) is 6.54 Å². The number of sulfone groups is 1. The van der Waals surface area contributed by atoms with Crippen LogP contribution < -0.4 is 5.32 Å². The third-order valence-corrected chi connectivity index (χ3v) is 7.48. The normalized spacial score (nSPS) is 20.2. The third-order valence-electron chi connectivity index (χ3n) is 5.51. The molecule has 0 bridgehead atoms. The fourth-order valence-corrected chi connectivity index (χ4v) is 4.84. The van der Waals surface area contributed by atoms with Crippen LogP contribution in [0.15, 0.2) is 29.2 Å². The molecule has 0 atom stereocenters. The van der Waals surface area contributed by atoms with Gasteiger partial charge in [-0.1, -0.05) is 46.8 Å². The maximum atomic E-state index is 12.3. The Kier molecular flexibility index (Phi) is 4.13. The standard InChI is InChI=1S/C17H27NO2S/c1-6-11-21(19,20)14-10-8-7-9-13(14)18-12-15-16(2,3)17(15,4)5/h7-10,15,18H,6,11-12H2,1-5H3. The van der Waals surface area contributed by atoms with E-state index in [2.05, 4.69) is 33.0 Å². The Bertz CT molecular complexity index is 603. The molecule has 2 rings (SSSR count). The van der Waals surface area contributed by atoms with Crippen molar-refractivity contribution in [2.45, 2.75) is 45.9 Å². The number of hydrogen-bond donors (Lipinski definition) is 1. The Morgan fingerprint density at radius 3 is 2.19 bits per heavy atom. The molecule has 1 saturated carbocycles. The van der Waals surface area contributed by atoms with Gasteiger partial charge in [0.05, 0.1) is 16.3 Å². The topological polar surface area (TPSA) is 46.2 Å². The first-order valence-corrected chi connectivity index (χ1v) is 9.35. The van der Waals surface area contributed by atoms with Crippen LogP contribution in [0.1, 0.15) is 41.0 Å². The second-order valence-corrected chi connectivity index (χ2v) is 9.27. The minimum absolute atomic E-state index is 0.201. The summed E-state index contributed by atoms with van der Waals surface area (Å²) in [5.41, 5.74) is 1.35. The predicted molar refractivity (Wildman–Crippen MR) is 88.3 cm³/mol. The van der Waals surface area contributed by atoms with Crippen molar-refractivity contribution >= 4 is 15.5 Å². The lowest BCUT2D eigenvalue weighted by molar-refractivity contribution is 0.457. The number of nitrogens with one attached hydrogen (secondary N) is 1. The van der Waals surface area contributed by atoms with Crippen molar-refractivity contribution < 1.29 is 8.42 Å². The molecule has 0 aromatic heterocycles. The van der Waals surface area contributed by atoms with Crippen LogP contribution in [-0.4, -0.2) is 20.7 Å². The molecule has 1 aliphatic rings. The summed E-state index contributed by atoms with van der Waals surface area (Å²) >= 11 is 0. The zero-order valence-electron chi connectivity index (χ0n) is 13.7. The van der Waals surface area contributed by atoms with Crippen molar-refractivity contribution in [2.75, 3.05) is 17.6 Å². The maximum absolute atomic E-state index is 12.3. The lowest BCUT2D eigenvalue weighted by atomic mass is 10.0. The summed E-state index contributed by atoms with van der Waals surface area (Å²) in [5, 5.41) is 3.37.